The van der Waals surface area contributed by atoms with Gasteiger partial charge in [0.05, 0.1) is 17.4 Å². The highest BCUT2D eigenvalue weighted by Crippen LogP contribution is 2.33. The van der Waals surface area contributed by atoms with Gasteiger partial charge in [0.15, 0.2) is 0 Å². The van der Waals surface area contributed by atoms with Crippen molar-refractivity contribution < 1.29 is 19.0 Å². The third kappa shape index (κ3) is 5.35. The van der Waals surface area contributed by atoms with Gasteiger partial charge in [-0.3, -0.25) is 4.79 Å². The van der Waals surface area contributed by atoms with E-state index in [9.17, 15) is 14.3 Å². The number of nitrogens with zero attached hydrogens (tertiary/aromatic N) is 1. The number of aromatic nitrogens is 1. The third-order valence-corrected chi connectivity index (χ3v) is 5.68. The van der Waals surface area contributed by atoms with E-state index in [2.05, 4.69) is 15.6 Å². The third-order valence-electron chi connectivity index (χ3n) is 5.45. The Morgan fingerprint density at radius 2 is 2.09 bits per heavy atom. The minimum Gasteiger partial charge on any atom is -0.507 e. The average molecular weight is 471 g/mol. The largest absolute Gasteiger partial charge is 0.507 e. The van der Waals surface area contributed by atoms with Gasteiger partial charge >= 0.3 is 0 Å². The number of nitrogens with two attached hydrogens (primary N) is 1. The summed E-state index contributed by atoms with van der Waals surface area (Å²) in [5.41, 5.74) is 8.69. The number of aromatic hydroxyl groups is 1. The summed E-state index contributed by atoms with van der Waals surface area (Å²) in [6.07, 6.45) is 1.93. The molecule has 7 nitrogen and oxygen atoms in total. The van der Waals surface area contributed by atoms with Crippen molar-refractivity contribution >= 4 is 34.7 Å². The predicted octanol–water partition coefficient (Wildman–Crippen LogP) is 4.81. The van der Waals surface area contributed by atoms with E-state index in [-0.39, 0.29) is 29.1 Å². The number of hydrogen-bond acceptors (Lipinski definition) is 6. The summed E-state index contributed by atoms with van der Waals surface area (Å²) in [4.78, 5) is 16.8. The number of phenolic OH excluding ortho intramolecular Hbond substituents is 1. The van der Waals surface area contributed by atoms with Gasteiger partial charge in [-0.15, -0.1) is 0 Å². The van der Waals surface area contributed by atoms with Crippen LogP contribution in [-0.4, -0.2) is 35.3 Å². The molecule has 3 aromatic rings. The van der Waals surface area contributed by atoms with Crippen LogP contribution in [0.4, 0.5) is 21.6 Å². The van der Waals surface area contributed by atoms with Crippen molar-refractivity contribution in [1.29, 1.82) is 0 Å². The molecule has 2 heterocycles. The molecule has 1 amide bonds. The number of amides is 1. The van der Waals surface area contributed by atoms with Gasteiger partial charge < -0.3 is 26.2 Å². The Balaban J connectivity index is 1.53. The highest BCUT2D eigenvalue weighted by atomic mass is 35.5. The number of phenols is 1. The van der Waals surface area contributed by atoms with Crippen LogP contribution in [0.15, 0.2) is 48.5 Å². The van der Waals surface area contributed by atoms with Crippen molar-refractivity contribution in [3.05, 3.63) is 64.7 Å². The smallest absolute Gasteiger partial charge is 0.255 e. The van der Waals surface area contributed by atoms with Crippen molar-refractivity contribution in [1.82, 2.24) is 10.3 Å². The number of pyridine rings is 1. The van der Waals surface area contributed by atoms with Crippen molar-refractivity contribution in [3.63, 3.8) is 0 Å². The number of hydrogen-bond donors (Lipinski definition) is 4. The van der Waals surface area contributed by atoms with Gasteiger partial charge in [0, 0.05) is 40.7 Å². The Kier molecular flexibility index (Phi) is 6.96. The summed E-state index contributed by atoms with van der Waals surface area (Å²) in [6, 6.07) is 12.9. The summed E-state index contributed by atoms with van der Waals surface area (Å²) >= 11 is 5.94. The van der Waals surface area contributed by atoms with Crippen LogP contribution in [0.1, 0.15) is 28.8 Å². The zero-order chi connectivity index (χ0) is 23.4. The second-order valence-electron chi connectivity index (χ2n) is 7.77. The van der Waals surface area contributed by atoms with Crippen LogP contribution in [0.3, 0.4) is 0 Å². The number of carbonyl (C=O) groups is 1. The molecule has 1 unspecified atom stereocenters. The van der Waals surface area contributed by atoms with Crippen molar-refractivity contribution in [2.45, 2.75) is 25.6 Å². The fourth-order valence-corrected chi connectivity index (χ4v) is 3.89. The molecule has 2 aromatic carbocycles. The van der Waals surface area contributed by atoms with E-state index in [1.54, 1.807) is 42.5 Å². The van der Waals surface area contributed by atoms with Crippen LogP contribution in [0.5, 0.6) is 5.75 Å². The van der Waals surface area contributed by atoms with Gasteiger partial charge in [-0.2, -0.15) is 0 Å². The molecule has 1 fully saturated rings. The lowest BCUT2D eigenvalue weighted by Gasteiger charge is -2.14. The first-order valence-electron chi connectivity index (χ1n) is 10.6. The number of halogens is 2. The maximum Gasteiger partial charge on any atom is 0.255 e. The molecular formula is C24H24ClFN4O3. The van der Waals surface area contributed by atoms with E-state index >= 15 is 0 Å². The van der Waals surface area contributed by atoms with Crippen LogP contribution >= 0.6 is 11.6 Å². The molecule has 172 valence electrons. The summed E-state index contributed by atoms with van der Waals surface area (Å²) in [5, 5.41) is 16.8. The highest BCUT2D eigenvalue weighted by Gasteiger charge is 2.19. The van der Waals surface area contributed by atoms with Crippen molar-refractivity contribution in [3.8, 4) is 17.0 Å². The summed E-state index contributed by atoms with van der Waals surface area (Å²) < 4.78 is 18.9. The Labute approximate surface area is 195 Å². The molecule has 9 heteroatoms. The molecule has 0 aliphatic carbocycles. The maximum atomic E-state index is 13.4. The zero-order valence-electron chi connectivity index (χ0n) is 17.8. The highest BCUT2D eigenvalue weighted by molar-refractivity contribution is 6.30. The molecule has 33 heavy (non-hydrogen) atoms. The van der Waals surface area contributed by atoms with Crippen molar-refractivity contribution in [2.24, 2.45) is 0 Å². The SMILES string of the molecule is Nc1nc(-c2cc(Nc3ccc(Cl)cc3CF)ccc2O)ccc1C(=O)NCC1CCCO1. The number of alkyl halides is 1. The van der Waals surface area contributed by atoms with Gasteiger partial charge in [0.25, 0.3) is 5.91 Å². The minimum atomic E-state index is -0.678. The second-order valence-corrected chi connectivity index (χ2v) is 8.20. The lowest BCUT2D eigenvalue weighted by Crippen LogP contribution is -2.32. The molecule has 0 radical (unpaired) electrons. The van der Waals surface area contributed by atoms with Gasteiger partial charge in [0.1, 0.15) is 18.2 Å². The summed E-state index contributed by atoms with van der Waals surface area (Å²) in [7, 11) is 0. The lowest BCUT2D eigenvalue weighted by atomic mass is 10.1. The van der Waals surface area contributed by atoms with E-state index in [0.29, 0.717) is 46.4 Å². The number of carbonyl (C=O) groups excluding carboxylic acids is 1. The predicted molar refractivity (Wildman–Crippen MR) is 127 cm³/mol. The lowest BCUT2D eigenvalue weighted by molar-refractivity contribution is 0.0858. The van der Waals surface area contributed by atoms with E-state index in [1.807, 2.05) is 0 Å². The Bertz CT molecular complexity index is 1170. The van der Waals surface area contributed by atoms with Crippen LogP contribution in [0.25, 0.3) is 11.3 Å². The maximum absolute atomic E-state index is 13.4. The van der Waals surface area contributed by atoms with Gasteiger partial charge in [-0.05, 0) is 61.4 Å². The molecule has 1 saturated heterocycles. The van der Waals surface area contributed by atoms with Crippen LogP contribution in [-0.2, 0) is 11.4 Å². The molecule has 0 saturated carbocycles. The van der Waals surface area contributed by atoms with Crippen LogP contribution in [0, 0.1) is 0 Å². The molecule has 5 N–H and O–H groups in total. The fourth-order valence-electron chi connectivity index (χ4n) is 3.69. The Morgan fingerprint density at radius 3 is 2.82 bits per heavy atom. The van der Waals surface area contributed by atoms with E-state index in [4.69, 9.17) is 22.1 Å². The zero-order valence-corrected chi connectivity index (χ0v) is 18.5. The molecule has 1 atom stereocenters. The number of anilines is 3. The first-order chi connectivity index (χ1) is 15.9. The molecule has 1 aliphatic rings. The van der Waals surface area contributed by atoms with Crippen molar-refractivity contribution in [2.75, 3.05) is 24.2 Å². The van der Waals surface area contributed by atoms with Gasteiger partial charge in [-0.25, -0.2) is 9.37 Å². The average Bonchev–Trinajstić information content (AvgIpc) is 3.33. The molecule has 1 aliphatic heterocycles. The quantitative estimate of drug-likeness (QED) is 0.369. The fraction of sp³-hybridized carbons (Fsp3) is 0.250. The molecular weight excluding hydrogens is 447 g/mol. The molecule has 4 rings (SSSR count). The number of ether oxygens (including phenoxy) is 1. The van der Waals surface area contributed by atoms with Crippen LogP contribution < -0.4 is 16.4 Å². The normalized spacial score (nSPS) is 15.4. The summed E-state index contributed by atoms with van der Waals surface area (Å²) in [5.74, 6) is -0.291. The number of nitrogens with one attached hydrogen (secondary N) is 2. The van der Waals surface area contributed by atoms with Gasteiger partial charge in [0.2, 0.25) is 0 Å². The Hall–Kier alpha value is -3.36. The summed E-state index contributed by atoms with van der Waals surface area (Å²) in [6.45, 7) is 0.450. The van der Waals surface area contributed by atoms with E-state index < -0.39 is 6.67 Å². The number of nitrogen functional groups attached to an aromatic ring is 1. The van der Waals surface area contributed by atoms with E-state index in [0.717, 1.165) is 12.8 Å². The first-order valence-corrected chi connectivity index (χ1v) is 10.9. The Morgan fingerprint density at radius 1 is 1.24 bits per heavy atom. The minimum absolute atomic E-state index is 0.00939. The standard InChI is InChI=1S/C24H24ClFN4O3/c25-15-3-6-20(14(10-15)12-26)29-16-4-8-22(31)19(11-16)21-7-5-18(23(27)30-21)24(32)28-13-17-2-1-9-33-17/h3-8,10-11,17,29,31H,1-2,9,12-13H2,(H2,27,30)(H,28,32). The molecule has 0 bridgehead atoms. The van der Waals surface area contributed by atoms with E-state index in [1.165, 1.54) is 6.07 Å². The molecule has 1 aromatic heterocycles. The second kappa shape index (κ2) is 10.1. The number of rotatable bonds is 7. The monoisotopic (exact) mass is 470 g/mol. The first kappa shape index (κ1) is 22.8. The molecule has 0 spiro atoms. The number of benzene rings is 2. The van der Waals surface area contributed by atoms with Gasteiger partial charge in [-0.1, -0.05) is 11.6 Å². The van der Waals surface area contributed by atoms with Crippen LogP contribution in [0.2, 0.25) is 5.02 Å². The topological polar surface area (TPSA) is 110 Å².